The molecule has 8 nitrogen and oxygen atoms in total. The molecule has 0 fully saturated rings. The summed E-state index contributed by atoms with van der Waals surface area (Å²) in [7, 11) is 0. The van der Waals surface area contributed by atoms with Crippen molar-refractivity contribution in [2.45, 2.75) is 52.2 Å². The number of carbonyl (C=O) groups is 2. The summed E-state index contributed by atoms with van der Waals surface area (Å²) in [5.74, 6) is -0.543. The highest BCUT2D eigenvalue weighted by Crippen LogP contribution is 2.30. The van der Waals surface area contributed by atoms with Gasteiger partial charge < -0.3 is 5.32 Å². The Morgan fingerprint density at radius 2 is 1.80 bits per heavy atom. The monoisotopic (exact) mass is 470 g/mol. The van der Waals surface area contributed by atoms with E-state index < -0.39 is 11.6 Å². The van der Waals surface area contributed by atoms with Gasteiger partial charge >= 0.3 is 0 Å². The van der Waals surface area contributed by atoms with Gasteiger partial charge in [-0.2, -0.15) is 0 Å². The smallest absolute Gasteiger partial charge is 0.249 e. The van der Waals surface area contributed by atoms with Crippen LogP contribution in [-0.4, -0.2) is 37.3 Å². The van der Waals surface area contributed by atoms with E-state index in [0.29, 0.717) is 16.8 Å². The number of amides is 2. The summed E-state index contributed by atoms with van der Waals surface area (Å²) in [5.41, 5.74) is 3.30. The number of aromatic nitrogens is 4. The lowest BCUT2D eigenvalue weighted by Gasteiger charge is -2.34. The minimum Gasteiger partial charge on any atom is -0.349 e. The van der Waals surface area contributed by atoms with E-state index in [4.69, 9.17) is 0 Å². The van der Waals surface area contributed by atoms with Gasteiger partial charge in [0, 0.05) is 23.6 Å². The molecule has 8 heteroatoms. The van der Waals surface area contributed by atoms with Crippen LogP contribution in [0.15, 0.2) is 73.1 Å². The molecule has 1 atom stereocenters. The molecule has 0 spiro atoms. The van der Waals surface area contributed by atoms with Crippen molar-refractivity contribution in [3.8, 4) is 0 Å². The van der Waals surface area contributed by atoms with Crippen molar-refractivity contribution < 1.29 is 9.59 Å². The Labute approximate surface area is 205 Å². The third kappa shape index (κ3) is 5.37. The number of hydrogen-bond acceptors (Lipinski definition) is 5. The van der Waals surface area contributed by atoms with Gasteiger partial charge in [0.1, 0.15) is 18.1 Å². The summed E-state index contributed by atoms with van der Waals surface area (Å²) in [6.07, 6.45) is 4.00. The summed E-state index contributed by atoms with van der Waals surface area (Å²) in [5, 5.41) is 11.5. The van der Waals surface area contributed by atoms with Crippen LogP contribution in [0, 0.1) is 6.92 Å². The van der Waals surface area contributed by atoms with Crippen molar-refractivity contribution >= 4 is 28.5 Å². The van der Waals surface area contributed by atoms with Gasteiger partial charge in [-0.05, 0) is 74.7 Å². The largest absolute Gasteiger partial charge is 0.349 e. The van der Waals surface area contributed by atoms with E-state index >= 15 is 0 Å². The Balaban J connectivity index is 1.81. The lowest BCUT2D eigenvalue weighted by Crippen LogP contribution is -2.51. The molecule has 2 amide bonds. The molecule has 2 aromatic heterocycles. The Morgan fingerprint density at radius 3 is 2.51 bits per heavy atom. The third-order valence-corrected chi connectivity index (χ3v) is 6.13. The Kier molecular flexibility index (Phi) is 6.91. The van der Waals surface area contributed by atoms with Gasteiger partial charge in [-0.15, -0.1) is 5.10 Å². The molecular weight excluding hydrogens is 440 g/mol. The molecule has 0 saturated heterocycles. The maximum atomic E-state index is 14.0. The minimum atomic E-state index is -0.895. The highest BCUT2D eigenvalue weighted by molar-refractivity contribution is 6.01. The first-order valence-electron chi connectivity index (χ1n) is 11.7. The number of carbonyl (C=O) groups excluding carboxylic acids is 2. The number of aryl methyl sites for hydroxylation is 1. The zero-order valence-corrected chi connectivity index (χ0v) is 20.5. The van der Waals surface area contributed by atoms with Crippen LogP contribution in [0.5, 0.6) is 0 Å². The molecule has 0 aliphatic rings. The number of para-hydroxylation sites is 1. The molecule has 0 bridgehead atoms. The molecule has 1 N–H and O–H groups in total. The molecule has 4 rings (SSSR count). The fraction of sp³-hybridized carbons (Fsp3) is 0.296. The number of pyridine rings is 1. The molecule has 4 aromatic rings. The van der Waals surface area contributed by atoms with Crippen LogP contribution in [0.4, 0.5) is 5.69 Å². The standard InChI is InChI=1S/C27H30N6O2/c1-5-27(3,4)29-26(35)25(20-13-15-28-16-14-20)33(21-10-8-9-19(2)17-21)24(34)18-32-23-12-7-6-11-22(23)30-31-32/h6-17,25H,5,18H2,1-4H3,(H,29,35)/t25-/m1/s1. The summed E-state index contributed by atoms with van der Waals surface area (Å²) in [6, 6.07) is 17.7. The van der Waals surface area contributed by atoms with Gasteiger partial charge in [-0.25, -0.2) is 4.68 Å². The van der Waals surface area contributed by atoms with E-state index in [0.717, 1.165) is 17.5 Å². The van der Waals surface area contributed by atoms with E-state index in [1.165, 1.54) is 0 Å². The maximum absolute atomic E-state index is 14.0. The Hall–Kier alpha value is -4.07. The fourth-order valence-corrected chi connectivity index (χ4v) is 3.91. The molecule has 180 valence electrons. The van der Waals surface area contributed by atoms with E-state index in [2.05, 4.69) is 20.6 Å². The zero-order chi connectivity index (χ0) is 25.0. The molecular formula is C27H30N6O2. The van der Waals surface area contributed by atoms with E-state index in [9.17, 15) is 9.59 Å². The molecule has 0 unspecified atom stereocenters. The predicted octanol–water partition coefficient (Wildman–Crippen LogP) is 4.21. The van der Waals surface area contributed by atoms with Crippen molar-refractivity contribution in [2.24, 2.45) is 0 Å². The first-order chi connectivity index (χ1) is 16.8. The molecule has 0 aliphatic carbocycles. The Bertz CT molecular complexity index is 1330. The van der Waals surface area contributed by atoms with Gasteiger partial charge in [0.2, 0.25) is 11.8 Å². The molecule has 35 heavy (non-hydrogen) atoms. The first kappa shape index (κ1) is 24.1. The van der Waals surface area contributed by atoms with Crippen molar-refractivity contribution in [1.29, 1.82) is 0 Å². The summed E-state index contributed by atoms with van der Waals surface area (Å²) >= 11 is 0. The predicted molar refractivity (Wildman–Crippen MR) is 136 cm³/mol. The van der Waals surface area contributed by atoms with Crippen molar-refractivity contribution in [2.75, 3.05) is 4.90 Å². The van der Waals surface area contributed by atoms with Gasteiger partial charge in [-0.3, -0.25) is 19.5 Å². The maximum Gasteiger partial charge on any atom is 0.249 e. The second-order valence-electron chi connectivity index (χ2n) is 9.25. The highest BCUT2D eigenvalue weighted by atomic mass is 16.2. The first-order valence-corrected chi connectivity index (χ1v) is 11.7. The molecule has 2 aromatic carbocycles. The van der Waals surface area contributed by atoms with Crippen LogP contribution < -0.4 is 10.2 Å². The number of nitrogens with zero attached hydrogens (tertiary/aromatic N) is 5. The van der Waals surface area contributed by atoms with E-state index in [1.807, 2.05) is 76.2 Å². The Morgan fingerprint density at radius 1 is 1.06 bits per heavy atom. The van der Waals surface area contributed by atoms with Crippen LogP contribution in [0.2, 0.25) is 0 Å². The van der Waals surface area contributed by atoms with E-state index in [1.54, 1.807) is 34.1 Å². The van der Waals surface area contributed by atoms with Crippen molar-refractivity contribution in [3.63, 3.8) is 0 Å². The number of hydrogen-bond donors (Lipinski definition) is 1. The van der Waals surface area contributed by atoms with Crippen LogP contribution in [0.1, 0.15) is 44.4 Å². The van der Waals surface area contributed by atoms with Crippen LogP contribution in [0.3, 0.4) is 0 Å². The average Bonchev–Trinajstić information content (AvgIpc) is 3.25. The lowest BCUT2D eigenvalue weighted by molar-refractivity contribution is -0.128. The van der Waals surface area contributed by atoms with Crippen LogP contribution in [0.25, 0.3) is 11.0 Å². The molecule has 0 radical (unpaired) electrons. The second kappa shape index (κ2) is 10.0. The number of nitrogens with one attached hydrogen (secondary N) is 1. The van der Waals surface area contributed by atoms with Crippen LogP contribution >= 0.6 is 0 Å². The normalized spacial score (nSPS) is 12.3. The summed E-state index contributed by atoms with van der Waals surface area (Å²) in [6.45, 7) is 7.84. The quantitative estimate of drug-likeness (QED) is 0.416. The third-order valence-electron chi connectivity index (χ3n) is 6.13. The topological polar surface area (TPSA) is 93.0 Å². The number of benzene rings is 2. The van der Waals surface area contributed by atoms with Gasteiger partial charge in [-0.1, -0.05) is 36.4 Å². The number of anilines is 1. The molecule has 2 heterocycles. The fourth-order valence-electron chi connectivity index (χ4n) is 3.91. The second-order valence-corrected chi connectivity index (χ2v) is 9.25. The average molecular weight is 471 g/mol. The van der Waals surface area contributed by atoms with Crippen molar-refractivity contribution in [1.82, 2.24) is 25.3 Å². The number of fused-ring (bicyclic) bond motifs is 1. The van der Waals surface area contributed by atoms with Crippen molar-refractivity contribution in [3.05, 3.63) is 84.2 Å². The van der Waals surface area contributed by atoms with Gasteiger partial charge in [0.05, 0.1) is 5.52 Å². The minimum absolute atomic E-state index is 0.0690. The van der Waals surface area contributed by atoms with Gasteiger partial charge in [0.15, 0.2) is 0 Å². The molecule has 0 aliphatic heterocycles. The summed E-state index contributed by atoms with van der Waals surface area (Å²) < 4.78 is 1.57. The zero-order valence-electron chi connectivity index (χ0n) is 20.5. The lowest BCUT2D eigenvalue weighted by atomic mass is 9.98. The number of rotatable bonds is 8. The van der Waals surface area contributed by atoms with E-state index in [-0.39, 0.29) is 18.4 Å². The SMILES string of the molecule is CCC(C)(C)NC(=O)[C@@H](c1ccncc1)N(C(=O)Cn1nnc2ccccc21)c1cccc(C)c1. The molecule has 0 saturated carbocycles. The highest BCUT2D eigenvalue weighted by Gasteiger charge is 2.35. The van der Waals surface area contributed by atoms with Gasteiger partial charge in [0.25, 0.3) is 0 Å². The summed E-state index contributed by atoms with van der Waals surface area (Å²) in [4.78, 5) is 33.4. The van der Waals surface area contributed by atoms with Crippen LogP contribution in [-0.2, 0) is 16.1 Å².